The predicted octanol–water partition coefficient (Wildman–Crippen LogP) is 4.39. The van der Waals surface area contributed by atoms with Gasteiger partial charge < -0.3 is 9.88 Å². The summed E-state index contributed by atoms with van der Waals surface area (Å²) in [7, 11) is 0. The third-order valence-corrected chi connectivity index (χ3v) is 5.89. The number of nitrogens with zero attached hydrogens (tertiary/aromatic N) is 1. The van der Waals surface area contributed by atoms with E-state index in [0.717, 1.165) is 46.3 Å². The highest BCUT2D eigenvalue weighted by atomic mass is 79.9. The zero-order valence-corrected chi connectivity index (χ0v) is 15.3. The number of aromatic nitrogens is 1. The van der Waals surface area contributed by atoms with Crippen LogP contribution in [-0.4, -0.2) is 16.9 Å². The van der Waals surface area contributed by atoms with E-state index in [2.05, 4.69) is 50.2 Å². The predicted molar refractivity (Wildman–Crippen MR) is 104 cm³/mol. The van der Waals surface area contributed by atoms with Gasteiger partial charge in [-0.05, 0) is 24.5 Å². The van der Waals surface area contributed by atoms with Crippen LogP contribution >= 0.6 is 15.9 Å². The van der Waals surface area contributed by atoms with Crippen LogP contribution in [0.5, 0.6) is 0 Å². The molecule has 124 valence electrons. The maximum Gasteiger partial charge on any atom is 0.184 e. The Morgan fingerprint density at radius 3 is 2.80 bits per heavy atom. The first kappa shape index (κ1) is 15.0. The van der Waals surface area contributed by atoms with Gasteiger partial charge in [0, 0.05) is 33.7 Å². The van der Waals surface area contributed by atoms with Gasteiger partial charge in [-0.15, -0.1) is 0 Å². The van der Waals surface area contributed by atoms with Crippen molar-refractivity contribution in [2.24, 2.45) is 0 Å². The number of hydrogen-bond acceptors (Lipinski definition) is 2. The van der Waals surface area contributed by atoms with E-state index in [4.69, 9.17) is 0 Å². The Morgan fingerprint density at radius 2 is 1.92 bits per heavy atom. The van der Waals surface area contributed by atoms with Crippen molar-refractivity contribution in [1.82, 2.24) is 9.88 Å². The molecule has 0 atom stereocenters. The third-order valence-electron chi connectivity index (χ3n) is 5.19. The van der Waals surface area contributed by atoms with E-state index in [9.17, 15) is 4.79 Å². The minimum atomic E-state index is 0.162. The summed E-state index contributed by atoms with van der Waals surface area (Å²) < 4.78 is 3.32. The fourth-order valence-corrected chi connectivity index (χ4v) is 4.60. The molecule has 25 heavy (non-hydrogen) atoms. The van der Waals surface area contributed by atoms with Crippen LogP contribution in [0.25, 0.3) is 22.2 Å². The van der Waals surface area contributed by atoms with E-state index in [0.29, 0.717) is 6.54 Å². The van der Waals surface area contributed by atoms with Gasteiger partial charge in [0.15, 0.2) is 5.78 Å². The standard InChI is InChI=1S/C21H17BrN2O/c22-17-9-2-1-7-15(17)20-19(18(25)11-23-20)16-12-24-10-4-6-13-5-3-8-14(16)21(13)24/h1-3,5,7-9,12,23H,4,6,10-11H2. The first-order valence-corrected chi connectivity index (χ1v) is 9.40. The molecule has 0 saturated heterocycles. The van der Waals surface area contributed by atoms with Gasteiger partial charge in [0.05, 0.1) is 23.3 Å². The molecule has 1 N–H and O–H groups in total. The zero-order valence-electron chi connectivity index (χ0n) is 13.7. The Morgan fingerprint density at radius 1 is 1.04 bits per heavy atom. The lowest BCUT2D eigenvalue weighted by molar-refractivity contribution is -0.112. The van der Waals surface area contributed by atoms with E-state index < -0.39 is 0 Å². The molecule has 0 unspecified atom stereocenters. The molecule has 2 aliphatic rings. The Balaban J connectivity index is 1.81. The average Bonchev–Trinajstić information content (AvgIpc) is 3.18. The van der Waals surface area contributed by atoms with Gasteiger partial charge >= 0.3 is 0 Å². The fourth-order valence-electron chi connectivity index (χ4n) is 4.12. The normalized spacial score (nSPS) is 16.6. The molecule has 1 aromatic heterocycles. The number of Topliss-reactive ketones (excluding diaryl/α,β-unsaturated/α-hetero) is 1. The highest BCUT2D eigenvalue weighted by Crippen LogP contribution is 2.38. The molecule has 2 aromatic carbocycles. The average molecular weight is 393 g/mol. The molecule has 0 spiro atoms. The second-order valence-corrected chi connectivity index (χ2v) is 7.51. The van der Waals surface area contributed by atoms with Crippen molar-refractivity contribution >= 4 is 43.9 Å². The van der Waals surface area contributed by atoms with Crippen molar-refractivity contribution in [2.45, 2.75) is 19.4 Å². The van der Waals surface area contributed by atoms with Crippen LogP contribution in [0.3, 0.4) is 0 Å². The molecule has 0 bridgehead atoms. The van der Waals surface area contributed by atoms with E-state index in [1.54, 1.807) is 0 Å². The summed E-state index contributed by atoms with van der Waals surface area (Å²) >= 11 is 3.63. The number of para-hydroxylation sites is 1. The number of nitrogens with one attached hydrogen (secondary N) is 1. The molecule has 0 radical (unpaired) electrons. The second kappa shape index (κ2) is 5.60. The monoisotopic (exact) mass is 392 g/mol. The Labute approximate surface area is 154 Å². The molecule has 2 aliphatic heterocycles. The van der Waals surface area contributed by atoms with Crippen LogP contribution in [0.2, 0.25) is 0 Å². The van der Waals surface area contributed by atoms with E-state index in [1.807, 2.05) is 24.3 Å². The van der Waals surface area contributed by atoms with E-state index >= 15 is 0 Å². The van der Waals surface area contributed by atoms with Crippen molar-refractivity contribution in [2.75, 3.05) is 6.54 Å². The quantitative estimate of drug-likeness (QED) is 0.701. The van der Waals surface area contributed by atoms with Gasteiger partial charge in [-0.1, -0.05) is 52.3 Å². The Bertz CT molecular complexity index is 1060. The first-order valence-electron chi connectivity index (χ1n) is 8.61. The molecular formula is C21H17BrN2O. The lowest BCUT2D eigenvalue weighted by Crippen LogP contribution is -2.11. The van der Waals surface area contributed by atoms with Gasteiger partial charge in [0.25, 0.3) is 0 Å². The molecule has 3 aromatic rings. The SMILES string of the molecule is O=C1CNC(c2ccccc2Br)=C1c1cn2c3c(cccc13)CCC2. The van der Waals surface area contributed by atoms with Crippen LogP contribution in [0.4, 0.5) is 0 Å². The minimum absolute atomic E-state index is 0.162. The molecule has 3 heterocycles. The van der Waals surface area contributed by atoms with Crippen molar-refractivity contribution in [3.05, 3.63) is 69.8 Å². The number of aryl methyl sites for hydroxylation is 2. The first-order chi connectivity index (χ1) is 12.2. The van der Waals surface area contributed by atoms with Crippen LogP contribution in [0.1, 0.15) is 23.1 Å². The lowest BCUT2D eigenvalue weighted by atomic mass is 9.96. The number of hydrogen-bond donors (Lipinski definition) is 1. The number of rotatable bonds is 2. The maximum absolute atomic E-state index is 12.8. The van der Waals surface area contributed by atoms with Gasteiger partial charge in [0.1, 0.15) is 0 Å². The van der Waals surface area contributed by atoms with Crippen LogP contribution in [0.15, 0.2) is 53.1 Å². The fraction of sp³-hybridized carbons (Fsp3) is 0.190. The summed E-state index contributed by atoms with van der Waals surface area (Å²) in [5, 5.41) is 4.51. The highest BCUT2D eigenvalue weighted by molar-refractivity contribution is 9.10. The highest BCUT2D eigenvalue weighted by Gasteiger charge is 2.29. The lowest BCUT2D eigenvalue weighted by Gasteiger charge is -2.14. The van der Waals surface area contributed by atoms with Crippen molar-refractivity contribution in [3.8, 4) is 0 Å². The molecule has 0 amide bonds. The van der Waals surface area contributed by atoms with Crippen molar-refractivity contribution in [3.63, 3.8) is 0 Å². The Kier molecular flexibility index (Phi) is 3.35. The number of carbonyl (C=O) groups excluding carboxylic acids is 1. The van der Waals surface area contributed by atoms with Gasteiger partial charge in [-0.3, -0.25) is 4.79 Å². The third kappa shape index (κ3) is 2.20. The molecule has 0 saturated carbocycles. The van der Waals surface area contributed by atoms with Gasteiger partial charge in [-0.25, -0.2) is 0 Å². The summed E-state index contributed by atoms with van der Waals surface area (Å²) in [6, 6.07) is 14.5. The summed E-state index contributed by atoms with van der Waals surface area (Å²) in [4.78, 5) is 12.8. The summed E-state index contributed by atoms with van der Waals surface area (Å²) in [6.07, 6.45) is 4.44. The van der Waals surface area contributed by atoms with Crippen LogP contribution in [-0.2, 0) is 17.8 Å². The largest absolute Gasteiger partial charge is 0.376 e. The Hall–Kier alpha value is -2.33. The maximum atomic E-state index is 12.8. The number of carbonyl (C=O) groups is 1. The molecule has 4 heteroatoms. The summed E-state index contributed by atoms with van der Waals surface area (Å²) in [6.45, 7) is 1.38. The molecule has 5 rings (SSSR count). The van der Waals surface area contributed by atoms with Crippen LogP contribution in [0, 0.1) is 0 Å². The second-order valence-electron chi connectivity index (χ2n) is 6.66. The molecule has 0 fully saturated rings. The zero-order chi connectivity index (χ0) is 17.0. The number of benzene rings is 2. The molecular weight excluding hydrogens is 376 g/mol. The number of halogens is 1. The van der Waals surface area contributed by atoms with Crippen molar-refractivity contribution < 1.29 is 4.79 Å². The molecule has 0 aliphatic carbocycles. The van der Waals surface area contributed by atoms with Crippen molar-refractivity contribution in [1.29, 1.82) is 0 Å². The smallest absolute Gasteiger partial charge is 0.184 e. The van der Waals surface area contributed by atoms with Gasteiger partial charge in [0.2, 0.25) is 0 Å². The van der Waals surface area contributed by atoms with Gasteiger partial charge in [-0.2, -0.15) is 0 Å². The van der Waals surface area contributed by atoms with E-state index in [1.165, 1.54) is 16.5 Å². The number of ketones is 1. The molecule has 3 nitrogen and oxygen atoms in total. The summed E-state index contributed by atoms with van der Waals surface area (Å²) in [5.74, 6) is 0.162. The topological polar surface area (TPSA) is 34.0 Å². The minimum Gasteiger partial charge on any atom is -0.376 e. The van der Waals surface area contributed by atoms with E-state index in [-0.39, 0.29) is 5.78 Å². The van der Waals surface area contributed by atoms with Crippen LogP contribution < -0.4 is 5.32 Å². The summed E-state index contributed by atoms with van der Waals surface area (Å²) in [5.41, 5.74) is 6.52.